The molecule has 4 heteroatoms. The average Bonchev–Trinajstić information content (AvgIpc) is 3.05. The lowest BCUT2D eigenvalue weighted by Gasteiger charge is -2.07. The van der Waals surface area contributed by atoms with Crippen LogP contribution in [0.2, 0.25) is 0 Å². The molecule has 0 bridgehead atoms. The minimum Gasteiger partial charge on any atom is -0.497 e. The van der Waals surface area contributed by atoms with Crippen LogP contribution in [0.4, 0.5) is 0 Å². The molecule has 28 heavy (non-hydrogen) atoms. The third-order valence-corrected chi connectivity index (χ3v) is 6.40. The molecule has 0 radical (unpaired) electrons. The molecule has 0 spiro atoms. The van der Waals surface area contributed by atoms with Crippen LogP contribution in [0.3, 0.4) is 0 Å². The van der Waals surface area contributed by atoms with E-state index in [0.717, 1.165) is 12.2 Å². The highest BCUT2D eigenvalue weighted by Crippen LogP contribution is 2.67. The first-order chi connectivity index (χ1) is 13.4. The number of aromatic nitrogens is 1. The van der Waals surface area contributed by atoms with Gasteiger partial charge >= 0.3 is 0 Å². The number of carbonyl (C=O) groups excluding carboxylic acids is 1. The van der Waals surface area contributed by atoms with Crippen LogP contribution < -0.4 is 10.1 Å². The number of benzene rings is 2. The Bertz CT molecular complexity index is 1000. The summed E-state index contributed by atoms with van der Waals surface area (Å²) in [6.07, 6.45) is 0.985. The summed E-state index contributed by atoms with van der Waals surface area (Å²) in [5.74, 6) is 1.83. The predicted molar refractivity (Wildman–Crippen MR) is 113 cm³/mol. The number of carbonyl (C=O) groups is 1. The van der Waals surface area contributed by atoms with Gasteiger partial charge in [0.2, 0.25) is 0 Å². The van der Waals surface area contributed by atoms with Gasteiger partial charge in [0.25, 0.3) is 5.91 Å². The number of nitrogens with one attached hydrogen (secondary N) is 2. The van der Waals surface area contributed by atoms with Crippen LogP contribution in [0.5, 0.6) is 5.75 Å². The number of H-pyrrole nitrogens is 1. The minimum absolute atomic E-state index is 0.0269. The third-order valence-electron chi connectivity index (χ3n) is 6.40. The molecule has 2 atom stereocenters. The van der Waals surface area contributed by atoms with Crippen molar-refractivity contribution in [2.24, 2.45) is 11.3 Å². The molecular formula is C24H28N2O2. The maximum Gasteiger partial charge on any atom is 0.251 e. The summed E-state index contributed by atoms with van der Waals surface area (Å²) in [4.78, 5) is 15.9. The molecule has 1 aliphatic carbocycles. The Balaban J connectivity index is 1.41. The molecular weight excluding hydrogens is 348 g/mol. The lowest BCUT2D eigenvalue weighted by atomic mass is 10.0. The van der Waals surface area contributed by atoms with E-state index < -0.39 is 0 Å². The zero-order chi connectivity index (χ0) is 19.9. The van der Waals surface area contributed by atoms with Crippen molar-refractivity contribution in [3.05, 3.63) is 65.4 Å². The number of hydrogen-bond acceptors (Lipinski definition) is 2. The van der Waals surface area contributed by atoms with Crippen LogP contribution in [0.15, 0.2) is 48.5 Å². The topological polar surface area (TPSA) is 54.1 Å². The highest BCUT2D eigenvalue weighted by atomic mass is 16.5. The van der Waals surface area contributed by atoms with E-state index in [1.807, 2.05) is 12.1 Å². The number of para-hydroxylation sites is 1. The molecule has 4 rings (SSSR count). The molecule has 1 amide bonds. The molecule has 3 aromatic rings. The molecule has 1 aliphatic rings. The van der Waals surface area contributed by atoms with E-state index in [-0.39, 0.29) is 11.3 Å². The number of amides is 1. The van der Waals surface area contributed by atoms with Crippen molar-refractivity contribution in [3.8, 4) is 5.75 Å². The third kappa shape index (κ3) is 3.17. The molecule has 1 heterocycles. The van der Waals surface area contributed by atoms with E-state index in [0.29, 0.717) is 23.9 Å². The van der Waals surface area contributed by atoms with Crippen LogP contribution in [-0.2, 0) is 0 Å². The van der Waals surface area contributed by atoms with Crippen LogP contribution in [0, 0.1) is 18.3 Å². The number of aromatic amines is 1. The van der Waals surface area contributed by atoms with E-state index in [1.54, 1.807) is 19.2 Å². The number of aryl methyl sites for hydroxylation is 1. The fourth-order valence-electron chi connectivity index (χ4n) is 4.74. The molecule has 1 saturated carbocycles. The SMILES string of the molecule is COc1ccc(C(=O)NCC[C@H]2[C@@H](c3c(C)[nH]c4ccccc34)C2(C)C)cc1. The second kappa shape index (κ2) is 7.01. The minimum atomic E-state index is -0.0269. The Morgan fingerprint density at radius 2 is 1.86 bits per heavy atom. The molecule has 0 unspecified atom stereocenters. The Morgan fingerprint density at radius 3 is 2.57 bits per heavy atom. The van der Waals surface area contributed by atoms with Crippen molar-refractivity contribution < 1.29 is 9.53 Å². The molecule has 0 aliphatic heterocycles. The Hall–Kier alpha value is -2.75. The smallest absolute Gasteiger partial charge is 0.251 e. The average molecular weight is 377 g/mol. The summed E-state index contributed by atoms with van der Waals surface area (Å²) in [5.41, 5.74) is 4.85. The Morgan fingerprint density at radius 1 is 1.14 bits per heavy atom. The van der Waals surface area contributed by atoms with Gasteiger partial charge < -0.3 is 15.0 Å². The molecule has 4 nitrogen and oxygen atoms in total. The van der Waals surface area contributed by atoms with Crippen LogP contribution in [0.1, 0.15) is 47.8 Å². The molecule has 0 saturated heterocycles. The predicted octanol–water partition coefficient (Wildman–Crippen LogP) is 5.04. The van der Waals surface area contributed by atoms with E-state index in [4.69, 9.17) is 4.74 Å². The summed E-state index contributed by atoms with van der Waals surface area (Å²) >= 11 is 0. The van der Waals surface area contributed by atoms with Gasteiger partial charge in [0, 0.05) is 28.7 Å². The lowest BCUT2D eigenvalue weighted by molar-refractivity contribution is 0.0952. The summed E-state index contributed by atoms with van der Waals surface area (Å²) in [7, 11) is 1.62. The molecule has 2 aromatic carbocycles. The number of methoxy groups -OCH3 is 1. The van der Waals surface area contributed by atoms with Crippen molar-refractivity contribution in [2.45, 2.75) is 33.1 Å². The lowest BCUT2D eigenvalue weighted by Crippen LogP contribution is -2.25. The number of fused-ring (bicyclic) bond motifs is 1. The maximum absolute atomic E-state index is 12.4. The molecule has 146 valence electrons. The van der Waals surface area contributed by atoms with Gasteiger partial charge in [0.15, 0.2) is 0 Å². The van der Waals surface area contributed by atoms with Crippen LogP contribution in [-0.4, -0.2) is 24.5 Å². The van der Waals surface area contributed by atoms with Crippen molar-refractivity contribution >= 4 is 16.8 Å². The largest absolute Gasteiger partial charge is 0.497 e. The Labute approximate surface area is 166 Å². The highest BCUT2D eigenvalue weighted by Gasteiger charge is 2.58. The quantitative estimate of drug-likeness (QED) is 0.633. The van der Waals surface area contributed by atoms with Gasteiger partial charge in [0.1, 0.15) is 5.75 Å². The highest BCUT2D eigenvalue weighted by molar-refractivity contribution is 5.94. The van der Waals surface area contributed by atoms with E-state index >= 15 is 0 Å². The van der Waals surface area contributed by atoms with Crippen molar-refractivity contribution in [2.75, 3.05) is 13.7 Å². The number of rotatable bonds is 6. The summed E-state index contributed by atoms with van der Waals surface area (Å²) < 4.78 is 5.15. The van der Waals surface area contributed by atoms with E-state index in [2.05, 4.69) is 55.3 Å². The van der Waals surface area contributed by atoms with E-state index in [1.165, 1.54) is 22.2 Å². The fraction of sp³-hybridized carbons (Fsp3) is 0.375. The first-order valence-electron chi connectivity index (χ1n) is 9.93. The van der Waals surface area contributed by atoms with Gasteiger partial charge in [-0.05, 0) is 66.5 Å². The van der Waals surface area contributed by atoms with Gasteiger partial charge in [-0.25, -0.2) is 0 Å². The zero-order valence-electron chi connectivity index (χ0n) is 17.0. The maximum atomic E-state index is 12.4. The van der Waals surface area contributed by atoms with Crippen molar-refractivity contribution in [1.29, 1.82) is 0 Å². The first kappa shape index (κ1) is 18.6. The molecule has 1 fully saturated rings. The second-order valence-electron chi connectivity index (χ2n) is 8.39. The van der Waals surface area contributed by atoms with E-state index in [9.17, 15) is 4.79 Å². The fourth-order valence-corrected chi connectivity index (χ4v) is 4.74. The molecule has 1 aromatic heterocycles. The molecule has 2 N–H and O–H groups in total. The summed E-state index contributed by atoms with van der Waals surface area (Å²) in [6.45, 7) is 7.55. The number of ether oxygens (including phenoxy) is 1. The zero-order valence-corrected chi connectivity index (χ0v) is 17.0. The van der Waals surface area contributed by atoms with Gasteiger partial charge in [-0.3, -0.25) is 4.79 Å². The monoisotopic (exact) mass is 376 g/mol. The van der Waals surface area contributed by atoms with Gasteiger partial charge in [-0.2, -0.15) is 0 Å². The van der Waals surface area contributed by atoms with Gasteiger partial charge in [-0.1, -0.05) is 32.0 Å². The summed E-state index contributed by atoms with van der Waals surface area (Å²) in [6, 6.07) is 15.8. The normalized spacial score (nSPS) is 20.1. The Kier molecular flexibility index (Phi) is 4.66. The summed E-state index contributed by atoms with van der Waals surface area (Å²) in [5, 5.41) is 4.41. The van der Waals surface area contributed by atoms with Gasteiger partial charge in [-0.15, -0.1) is 0 Å². The van der Waals surface area contributed by atoms with Crippen LogP contribution in [0.25, 0.3) is 10.9 Å². The van der Waals surface area contributed by atoms with Crippen LogP contribution >= 0.6 is 0 Å². The first-order valence-corrected chi connectivity index (χ1v) is 9.93. The van der Waals surface area contributed by atoms with Gasteiger partial charge in [0.05, 0.1) is 7.11 Å². The van der Waals surface area contributed by atoms with Crippen molar-refractivity contribution in [3.63, 3.8) is 0 Å². The standard InChI is InChI=1S/C24H28N2O2/c1-15-21(18-7-5-6-8-20(18)26-15)22-19(24(22,2)3)13-14-25-23(27)16-9-11-17(28-4)12-10-16/h5-12,19,22,26H,13-14H2,1-4H3,(H,25,27)/t19-,22-/m0/s1. The number of hydrogen-bond donors (Lipinski definition) is 2. The second-order valence-corrected chi connectivity index (χ2v) is 8.39. The van der Waals surface area contributed by atoms with Crippen molar-refractivity contribution in [1.82, 2.24) is 10.3 Å².